The topological polar surface area (TPSA) is 66.0 Å². The van der Waals surface area contributed by atoms with Gasteiger partial charge in [0.1, 0.15) is 0 Å². The molecule has 20 heavy (non-hydrogen) atoms. The molecule has 0 spiro atoms. The molecule has 2 aromatic rings. The van der Waals surface area contributed by atoms with E-state index in [4.69, 9.17) is 11.1 Å². The van der Waals surface area contributed by atoms with Crippen molar-refractivity contribution >= 4 is 16.7 Å². The average Bonchev–Trinajstić information content (AvgIpc) is 2.43. The quantitative estimate of drug-likeness (QED) is 0.626. The molecule has 1 aromatic heterocycles. The largest absolute Gasteiger partial charge is 0.388 e. The first-order valence-corrected chi connectivity index (χ1v) is 6.97. The van der Waals surface area contributed by atoms with Gasteiger partial charge in [0.25, 0.3) is 0 Å². The first-order valence-electron chi connectivity index (χ1n) is 6.97. The number of hydrogen-bond donors (Lipinski definition) is 2. The van der Waals surface area contributed by atoms with E-state index in [1.807, 2.05) is 24.4 Å². The van der Waals surface area contributed by atoms with E-state index in [2.05, 4.69) is 35.9 Å². The van der Waals surface area contributed by atoms with Crippen molar-refractivity contribution in [3.05, 3.63) is 42.1 Å². The van der Waals surface area contributed by atoms with E-state index in [0.717, 1.165) is 18.6 Å². The predicted molar refractivity (Wildman–Crippen MR) is 83.8 cm³/mol. The number of pyridine rings is 1. The number of amidine groups is 1. The summed E-state index contributed by atoms with van der Waals surface area (Å²) in [5, 5.41) is 8.58. The summed E-state index contributed by atoms with van der Waals surface area (Å²) in [6, 6.07) is 10.7. The third-order valence-corrected chi connectivity index (χ3v) is 3.51. The van der Waals surface area contributed by atoms with Crippen molar-refractivity contribution in [2.75, 3.05) is 6.54 Å². The number of nitrogens with zero attached hydrogens (tertiary/aromatic N) is 2. The first kappa shape index (κ1) is 14.5. The number of fused-ring (bicyclic) bond motifs is 1. The molecule has 2 rings (SSSR count). The van der Waals surface area contributed by atoms with Gasteiger partial charge in [-0.2, -0.15) is 0 Å². The number of rotatable bonds is 6. The second kappa shape index (κ2) is 6.48. The fourth-order valence-electron chi connectivity index (χ4n) is 2.30. The van der Waals surface area contributed by atoms with E-state index in [9.17, 15) is 0 Å². The molecule has 0 aliphatic rings. The monoisotopic (exact) mass is 270 g/mol. The maximum Gasteiger partial charge on any atom is 0.0918 e. The lowest BCUT2D eigenvalue weighted by atomic mass is 10.1. The fourth-order valence-corrected chi connectivity index (χ4v) is 2.30. The molecule has 0 saturated heterocycles. The second-order valence-corrected chi connectivity index (χ2v) is 5.33. The van der Waals surface area contributed by atoms with Gasteiger partial charge in [-0.15, -0.1) is 0 Å². The minimum absolute atomic E-state index is 0.246. The zero-order chi connectivity index (χ0) is 14.5. The lowest BCUT2D eigenvalue weighted by molar-refractivity contribution is 0.219. The van der Waals surface area contributed by atoms with Gasteiger partial charge in [-0.1, -0.05) is 18.2 Å². The third-order valence-electron chi connectivity index (χ3n) is 3.51. The summed E-state index contributed by atoms with van der Waals surface area (Å²) in [5.41, 5.74) is 7.77. The van der Waals surface area contributed by atoms with E-state index in [-0.39, 0.29) is 5.84 Å². The van der Waals surface area contributed by atoms with Gasteiger partial charge in [0.15, 0.2) is 0 Å². The van der Waals surface area contributed by atoms with Gasteiger partial charge >= 0.3 is 0 Å². The van der Waals surface area contributed by atoms with Crippen molar-refractivity contribution in [3.8, 4) is 0 Å². The molecule has 0 aliphatic heterocycles. The molecule has 0 aliphatic carbocycles. The van der Waals surface area contributed by atoms with E-state index >= 15 is 0 Å². The minimum Gasteiger partial charge on any atom is -0.388 e. The zero-order valence-electron chi connectivity index (χ0n) is 12.1. The maximum atomic E-state index is 7.38. The van der Waals surface area contributed by atoms with Crippen molar-refractivity contribution < 1.29 is 0 Å². The van der Waals surface area contributed by atoms with Gasteiger partial charge in [0.05, 0.1) is 11.4 Å². The Kier molecular flexibility index (Phi) is 4.69. The smallest absolute Gasteiger partial charge is 0.0918 e. The summed E-state index contributed by atoms with van der Waals surface area (Å²) in [7, 11) is 0. The van der Waals surface area contributed by atoms with E-state index in [1.54, 1.807) is 0 Å². The highest BCUT2D eigenvalue weighted by atomic mass is 15.1. The van der Waals surface area contributed by atoms with Gasteiger partial charge in [-0.25, -0.2) is 0 Å². The van der Waals surface area contributed by atoms with Crippen LogP contribution in [0.3, 0.4) is 0 Å². The van der Waals surface area contributed by atoms with Crippen LogP contribution in [-0.4, -0.2) is 28.3 Å². The molecule has 0 radical (unpaired) electrons. The Hall–Kier alpha value is -1.94. The number of nitrogens with one attached hydrogen (secondary N) is 1. The van der Waals surface area contributed by atoms with Crippen LogP contribution < -0.4 is 5.73 Å². The van der Waals surface area contributed by atoms with Crippen LogP contribution >= 0.6 is 0 Å². The van der Waals surface area contributed by atoms with Crippen molar-refractivity contribution in [2.45, 2.75) is 32.9 Å². The van der Waals surface area contributed by atoms with Gasteiger partial charge in [-0.05, 0) is 31.5 Å². The van der Waals surface area contributed by atoms with Crippen molar-refractivity contribution in [1.29, 1.82) is 5.41 Å². The Bertz CT molecular complexity index is 587. The second-order valence-electron chi connectivity index (χ2n) is 5.33. The van der Waals surface area contributed by atoms with Gasteiger partial charge in [-0.3, -0.25) is 15.3 Å². The number of benzene rings is 1. The first-order chi connectivity index (χ1) is 9.58. The summed E-state index contributed by atoms with van der Waals surface area (Å²) in [6.07, 6.45) is 2.47. The molecule has 1 heterocycles. The summed E-state index contributed by atoms with van der Waals surface area (Å²) >= 11 is 0. The molecule has 1 aromatic carbocycles. The van der Waals surface area contributed by atoms with Crippen molar-refractivity contribution in [3.63, 3.8) is 0 Å². The molecule has 0 unspecified atom stereocenters. The van der Waals surface area contributed by atoms with E-state index in [0.29, 0.717) is 12.5 Å². The summed E-state index contributed by atoms with van der Waals surface area (Å²) in [4.78, 5) is 6.73. The standard InChI is InChI=1S/C16H22N4/c1-12(2)20(10-8-16(17)18)11-13-7-9-19-15-6-4-3-5-14(13)15/h3-7,9,12H,8,10-11H2,1-2H3,(H3,17,18). The third kappa shape index (κ3) is 3.54. The van der Waals surface area contributed by atoms with E-state index in [1.165, 1.54) is 10.9 Å². The van der Waals surface area contributed by atoms with Crippen LogP contribution in [0.1, 0.15) is 25.8 Å². The maximum absolute atomic E-state index is 7.38. The Morgan fingerprint density at radius 3 is 2.75 bits per heavy atom. The average molecular weight is 270 g/mol. The van der Waals surface area contributed by atoms with Crippen LogP contribution in [0.25, 0.3) is 10.9 Å². The molecule has 106 valence electrons. The molecular weight excluding hydrogens is 248 g/mol. The van der Waals surface area contributed by atoms with Gasteiger partial charge in [0, 0.05) is 37.1 Å². The Morgan fingerprint density at radius 1 is 1.30 bits per heavy atom. The van der Waals surface area contributed by atoms with Crippen LogP contribution in [0, 0.1) is 5.41 Å². The molecule has 3 N–H and O–H groups in total. The Morgan fingerprint density at radius 2 is 2.05 bits per heavy atom. The highest BCUT2D eigenvalue weighted by molar-refractivity contribution is 5.81. The number of hydrogen-bond acceptors (Lipinski definition) is 3. The number of aromatic nitrogens is 1. The van der Waals surface area contributed by atoms with Gasteiger partial charge < -0.3 is 5.73 Å². The molecule has 4 nitrogen and oxygen atoms in total. The van der Waals surface area contributed by atoms with E-state index < -0.39 is 0 Å². The lowest BCUT2D eigenvalue weighted by Gasteiger charge is -2.26. The van der Waals surface area contributed by atoms with Crippen LogP contribution in [-0.2, 0) is 6.54 Å². The van der Waals surface area contributed by atoms with Crippen molar-refractivity contribution in [1.82, 2.24) is 9.88 Å². The molecule has 4 heteroatoms. The Balaban J connectivity index is 2.22. The highest BCUT2D eigenvalue weighted by Crippen LogP contribution is 2.19. The molecule has 0 saturated carbocycles. The number of para-hydroxylation sites is 1. The Labute approximate surface area is 120 Å². The number of nitrogens with two attached hydrogens (primary N) is 1. The zero-order valence-corrected chi connectivity index (χ0v) is 12.1. The van der Waals surface area contributed by atoms with Crippen LogP contribution in [0.4, 0.5) is 0 Å². The predicted octanol–water partition coefficient (Wildman–Crippen LogP) is 2.77. The molecule has 0 bridgehead atoms. The minimum atomic E-state index is 0.246. The summed E-state index contributed by atoms with van der Waals surface area (Å²) in [6.45, 7) is 6.00. The normalized spacial score (nSPS) is 11.4. The highest BCUT2D eigenvalue weighted by Gasteiger charge is 2.12. The lowest BCUT2D eigenvalue weighted by Crippen LogP contribution is -2.33. The molecule has 0 amide bonds. The fraction of sp³-hybridized carbons (Fsp3) is 0.375. The van der Waals surface area contributed by atoms with Gasteiger partial charge in [0.2, 0.25) is 0 Å². The van der Waals surface area contributed by atoms with Crippen LogP contribution in [0.15, 0.2) is 36.5 Å². The summed E-state index contributed by atoms with van der Waals surface area (Å²) in [5.74, 6) is 0.246. The van der Waals surface area contributed by atoms with Crippen molar-refractivity contribution in [2.24, 2.45) is 5.73 Å². The summed E-state index contributed by atoms with van der Waals surface area (Å²) < 4.78 is 0. The van der Waals surface area contributed by atoms with Crippen LogP contribution in [0.2, 0.25) is 0 Å². The molecule has 0 atom stereocenters. The van der Waals surface area contributed by atoms with Crippen LogP contribution in [0.5, 0.6) is 0 Å². The molecule has 0 fully saturated rings. The molecular formula is C16H22N4. The SMILES string of the molecule is CC(C)N(CCC(=N)N)Cc1ccnc2ccccc12.